The molecule has 2 heterocycles. The second-order valence-corrected chi connectivity index (χ2v) is 6.97. The molecule has 2 aromatic carbocycles. The van der Waals surface area contributed by atoms with Crippen molar-refractivity contribution in [1.29, 1.82) is 0 Å². The van der Waals surface area contributed by atoms with Gasteiger partial charge in [-0.2, -0.15) is 0 Å². The minimum Gasteiger partial charge on any atom is -0.354 e. The van der Waals surface area contributed by atoms with Crippen LogP contribution in [0.1, 0.15) is 0 Å². The number of imidazole rings is 1. The van der Waals surface area contributed by atoms with Gasteiger partial charge in [0, 0.05) is 34.9 Å². The van der Waals surface area contributed by atoms with E-state index in [4.69, 9.17) is 11.6 Å². The van der Waals surface area contributed by atoms with Crippen molar-refractivity contribution in [2.24, 2.45) is 7.05 Å². The predicted molar refractivity (Wildman–Crippen MR) is 110 cm³/mol. The summed E-state index contributed by atoms with van der Waals surface area (Å²) in [4.78, 5) is 19.2. The summed E-state index contributed by atoms with van der Waals surface area (Å²) >= 11 is 5.73. The monoisotopic (exact) mass is 412 g/mol. The van der Waals surface area contributed by atoms with Crippen LogP contribution in [-0.4, -0.2) is 20.4 Å². The smallest absolute Gasteiger partial charge is 0.247 e. The highest BCUT2D eigenvalue weighted by molar-refractivity contribution is 6.30. The summed E-state index contributed by atoms with van der Waals surface area (Å²) in [7, 11) is 1.83. The molecule has 0 radical (unpaired) electrons. The number of H-pyrrole nitrogens is 1. The molecule has 0 fully saturated rings. The number of carbonyl (C=O) groups is 1. The lowest BCUT2D eigenvalue weighted by Crippen LogP contribution is -2.07. The predicted octanol–water partition coefficient (Wildman–Crippen LogP) is 5.29. The third-order valence-electron chi connectivity index (χ3n) is 4.44. The summed E-state index contributed by atoms with van der Waals surface area (Å²) in [6.07, 6.45) is 4.60. The number of benzene rings is 2. The highest BCUT2D eigenvalue weighted by atomic mass is 35.5. The number of anilines is 1. The molecule has 0 unspecified atom stereocenters. The fourth-order valence-corrected chi connectivity index (χ4v) is 3.39. The molecule has 0 bridgehead atoms. The van der Waals surface area contributed by atoms with Crippen LogP contribution >= 0.6 is 11.6 Å². The van der Waals surface area contributed by atoms with Crippen molar-refractivity contribution in [2.45, 2.75) is 0 Å². The van der Waals surface area contributed by atoms with Crippen LogP contribution in [0, 0.1) is 11.6 Å². The van der Waals surface area contributed by atoms with Crippen LogP contribution in [0.15, 0.2) is 55.5 Å². The molecular weight excluding hydrogens is 398 g/mol. The molecule has 4 rings (SSSR count). The normalized spacial score (nSPS) is 11.0. The second-order valence-electron chi connectivity index (χ2n) is 6.53. The van der Waals surface area contributed by atoms with E-state index in [1.165, 1.54) is 0 Å². The first-order valence-electron chi connectivity index (χ1n) is 8.59. The summed E-state index contributed by atoms with van der Waals surface area (Å²) in [5, 5.41) is 3.33. The molecule has 5 nitrogen and oxygen atoms in total. The van der Waals surface area contributed by atoms with Gasteiger partial charge >= 0.3 is 0 Å². The zero-order valence-electron chi connectivity index (χ0n) is 15.3. The van der Waals surface area contributed by atoms with Gasteiger partial charge in [-0.3, -0.25) is 4.79 Å². The lowest BCUT2D eigenvalue weighted by molar-refractivity contribution is -0.111. The van der Waals surface area contributed by atoms with Crippen LogP contribution in [-0.2, 0) is 11.8 Å². The van der Waals surface area contributed by atoms with Crippen molar-refractivity contribution in [3.63, 3.8) is 0 Å². The number of halogens is 3. The van der Waals surface area contributed by atoms with E-state index in [1.54, 1.807) is 35.3 Å². The van der Waals surface area contributed by atoms with Gasteiger partial charge in [0.1, 0.15) is 11.6 Å². The summed E-state index contributed by atoms with van der Waals surface area (Å²) in [5.41, 5.74) is 2.47. The number of nitrogens with one attached hydrogen (secondary N) is 2. The molecule has 0 spiro atoms. The Balaban J connectivity index is 1.95. The number of amides is 1. The topological polar surface area (TPSA) is 62.7 Å². The molecule has 0 aliphatic rings. The third-order valence-corrected chi connectivity index (χ3v) is 4.66. The lowest BCUT2D eigenvalue weighted by Gasteiger charge is -2.07. The van der Waals surface area contributed by atoms with E-state index in [0.29, 0.717) is 27.8 Å². The van der Waals surface area contributed by atoms with Crippen molar-refractivity contribution < 1.29 is 13.6 Å². The highest BCUT2D eigenvalue weighted by Gasteiger charge is 2.18. The molecule has 2 N–H and O–H groups in total. The van der Waals surface area contributed by atoms with Gasteiger partial charge in [0.15, 0.2) is 0 Å². The fourth-order valence-electron chi connectivity index (χ4n) is 3.20. The van der Waals surface area contributed by atoms with Crippen LogP contribution in [0.2, 0.25) is 5.02 Å². The Morgan fingerprint density at radius 2 is 1.97 bits per heavy atom. The minimum atomic E-state index is -0.777. The fraction of sp³-hybridized carbons (Fsp3) is 0.0476. The van der Waals surface area contributed by atoms with Crippen molar-refractivity contribution >= 4 is 34.1 Å². The quantitative estimate of drug-likeness (QED) is 0.447. The summed E-state index contributed by atoms with van der Waals surface area (Å²) in [6, 6.07) is 7.16. The van der Waals surface area contributed by atoms with Crippen molar-refractivity contribution in [1.82, 2.24) is 14.5 Å². The van der Waals surface area contributed by atoms with E-state index >= 15 is 0 Å². The Morgan fingerprint density at radius 3 is 2.59 bits per heavy atom. The first-order chi connectivity index (χ1) is 13.9. The van der Waals surface area contributed by atoms with Crippen LogP contribution in [0.5, 0.6) is 0 Å². The molecule has 8 heteroatoms. The number of aromatic amines is 1. The standard InChI is InChI=1S/C21H15ClF2N4O/c1-3-19(29)26-13-4-11-5-17(20-15(23)6-12(22)7-16(20)24)27-21(11)14(8-13)18-9-28(2)10-25-18/h3-10,27H,1H2,2H3,(H,26,29). The minimum absolute atomic E-state index is 0.0246. The molecule has 29 heavy (non-hydrogen) atoms. The van der Waals surface area contributed by atoms with Crippen molar-refractivity contribution in [3.05, 3.63) is 72.2 Å². The summed E-state index contributed by atoms with van der Waals surface area (Å²) in [5.74, 6) is -1.93. The Bertz CT molecular complexity index is 1250. The molecule has 0 atom stereocenters. The van der Waals surface area contributed by atoms with E-state index in [-0.39, 0.29) is 22.2 Å². The number of hydrogen-bond donors (Lipinski definition) is 2. The maximum absolute atomic E-state index is 14.4. The SMILES string of the molecule is C=CC(=O)Nc1cc(-c2cn(C)cn2)c2[nH]c(-c3c(F)cc(Cl)cc3F)cc2c1. The third kappa shape index (κ3) is 3.52. The maximum Gasteiger partial charge on any atom is 0.247 e. The van der Waals surface area contributed by atoms with Crippen LogP contribution in [0.4, 0.5) is 14.5 Å². The molecule has 4 aromatic rings. The van der Waals surface area contributed by atoms with Gasteiger partial charge in [-0.1, -0.05) is 18.2 Å². The van der Waals surface area contributed by atoms with Crippen molar-refractivity contribution in [2.75, 3.05) is 5.32 Å². The zero-order valence-corrected chi connectivity index (χ0v) is 16.0. The Morgan fingerprint density at radius 1 is 1.24 bits per heavy atom. The van der Waals surface area contributed by atoms with Crippen LogP contribution < -0.4 is 5.32 Å². The number of nitrogens with zero attached hydrogens (tertiary/aromatic N) is 2. The number of carbonyl (C=O) groups excluding carboxylic acids is 1. The van der Waals surface area contributed by atoms with E-state index in [1.807, 2.05) is 7.05 Å². The van der Waals surface area contributed by atoms with Crippen LogP contribution in [0.3, 0.4) is 0 Å². The van der Waals surface area contributed by atoms with Gasteiger partial charge in [0.05, 0.1) is 28.8 Å². The highest BCUT2D eigenvalue weighted by Crippen LogP contribution is 2.36. The van der Waals surface area contributed by atoms with Gasteiger partial charge in [-0.15, -0.1) is 0 Å². The largest absolute Gasteiger partial charge is 0.354 e. The molecule has 0 aliphatic carbocycles. The van der Waals surface area contributed by atoms with Gasteiger partial charge in [-0.05, 0) is 36.4 Å². The van der Waals surface area contributed by atoms with Gasteiger partial charge in [0.2, 0.25) is 5.91 Å². The molecular formula is C21H15ClF2N4O. The molecule has 146 valence electrons. The van der Waals surface area contributed by atoms with Gasteiger partial charge in [0.25, 0.3) is 0 Å². The first-order valence-corrected chi connectivity index (χ1v) is 8.97. The molecule has 0 saturated carbocycles. The van der Waals surface area contributed by atoms with Gasteiger partial charge < -0.3 is 14.9 Å². The molecule has 2 aromatic heterocycles. The average Bonchev–Trinajstić information content (AvgIpc) is 3.26. The zero-order chi connectivity index (χ0) is 20.7. The van der Waals surface area contributed by atoms with Gasteiger partial charge in [-0.25, -0.2) is 13.8 Å². The summed E-state index contributed by atoms with van der Waals surface area (Å²) < 4.78 is 30.6. The second kappa shape index (κ2) is 7.18. The van der Waals surface area contributed by atoms with E-state index in [0.717, 1.165) is 18.2 Å². The Hall–Kier alpha value is -3.45. The Labute approximate surface area is 169 Å². The molecule has 0 saturated heterocycles. The van der Waals surface area contributed by atoms with Crippen LogP contribution in [0.25, 0.3) is 33.4 Å². The first kappa shape index (κ1) is 18.9. The number of aromatic nitrogens is 3. The maximum atomic E-state index is 14.4. The van der Waals surface area contributed by atoms with E-state index in [2.05, 4.69) is 21.9 Å². The van der Waals surface area contributed by atoms with Crippen molar-refractivity contribution in [3.8, 4) is 22.5 Å². The lowest BCUT2D eigenvalue weighted by atomic mass is 10.1. The molecule has 0 aliphatic heterocycles. The molecule has 1 amide bonds. The number of hydrogen-bond acceptors (Lipinski definition) is 2. The number of fused-ring (bicyclic) bond motifs is 1. The van der Waals surface area contributed by atoms with E-state index in [9.17, 15) is 13.6 Å². The average molecular weight is 413 g/mol. The number of rotatable bonds is 4. The Kier molecular flexibility index (Phi) is 4.68. The van der Waals surface area contributed by atoms with E-state index < -0.39 is 11.6 Å². The number of aryl methyl sites for hydroxylation is 1. The summed E-state index contributed by atoms with van der Waals surface area (Å²) in [6.45, 7) is 3.45.